The van der Waals surface area contributed by atoms with Gasteiger partial charge in [0.2, 0.25) is 0 Å². The van der Waals surface area contributed by atoms with E-state index in [1.165, 1.54) is 6.07 Å². The zero-order chi connectivity index (χ0) is 17.8. The van der Waals surface area contributed by atoms with Gasteiger partial charge in [-0.3, -0.25) is 4.79 Å². The molecule has 2 aromatic carbocycles. The summed E-state index contributed by atoms with van der Waals surface area (Å²) in [7, 11) is 0. The molecule has 1 aliphatic rings. The highest BCUT2D eigenvalue weighted by molar-refractivity contribution is 6.07. The lowest BCUT2D eigenvalue weighted by Gasteiger charge is -2.30. The third-order valence-electron chi connectivity index (χ3n) is 4.23. The first-order valence-electron chi connectivity index (χ1n) is 8.13. The van der Waals surface area contributed by atoms with Gasteiger partial charge in [0.1, 0.15) is 0 Å². The highest BCUT2D eigenvalue weighted by Crippen LogP contribution is 2.29. The van der Waals surface area contributed by atoms with Crippen molar-refractivity contribution in [1.82, 2.24) is 0 Å². The Kier molecular flexibility index (Phi) is 5.00. The molecule has 6 nitrogen and oxygen atoms in total. The minimum absolute atomic E-state index is 0.136. The first kappa shape index (κ1) is 17.0. The van der Waals surface area contributed by atoms with E-state index < -0.39 is 5.97 Å². The van der Waals surface area contributed by atoms with Crippen molar-refractivity contribution in [2.75, 3.05) is 36.5 Å². The van der Waals surface area contributed by atoms with E-state index in [0.717, 1.165) is 11.3 Å². The van der Waals surface area contributed by atoms with E-state index in [1.54, 1.807) is 24.3 Å². The smallest absolute Gasteiger partial charge is 0.335 e. The zero-order valence-corrected chi connectivity index (χ0v) is 14.0. The predicted molar refractivity (Wildman–Crippen MR) is 95.6 cm³/mol. The Morgan fingerprint density at radius 1 is 1.12 bits per heavy atom. The van der Waals surface area contributed by atoms with Gasteiger partial charge in [0, 0.05) is 18.7 Å². The summed E-state index contributed by atoms with van der Waals surface area (Å²) in [6, 6.07) is 12.1. The Morgan fingerprint density at radius 3 is 2.52 bits per heavy atom. The molecule has 0 bridgehead atoms. The molecule has 1 aliphatic heterocycles. The van der Waals surface area contributed by atoms with Crippen LogP contribution in [0.3, 0.4) is 0 Å². The van der Waals surface area contributed by atoms with Gasteiger partial charge in [-0.15, -0.1) is 0 Å². The van der Waals surface area contributed by atoms with E-state index in [9.17, 15) is 14.7 Å². The molecule has 0 atom stereocenters. The molecule has 0 saturated carbocycles. The van der Waals surface area contributed by atoms with Crippen LogP contribution >= 0.6 is 0 Å². The molecule has 0 aromatic heterocycles. The third-order valence-corrected chi connectivity index (χ3v) is 4.23. The third kappa shape index (κ3) is 3.80. The number of carbonyl (C=O) groups excluding carboxylic acids is 1. The van der Waals surface area contributed by atoms with E-state index >= 15 is 0 Å². The summed E-state index contributed by atoms with van der Waals surface area (Å²) < 4.78 is 5.37. The summed E-state index contributed by atoms with van der Waals surface area (Å²) >= 11 is 0. The van der Waals surface area contributed by atoms with Crippen molar-refractivity contribution < 1.29 is 19.4 Å². The van der Waals surface area contributed by atoms with Crippen LogP contribution in [0, 0.1) is 6.92 Å². The van der Waals surface area contributed by atoms with Crippen LogP contribution in [0.5, 0.6) is 0 Å². The van der Waals surface area contributed by atoms with Crippen LogP contribution in [-0.2, 0) is 4.74 Å². The van der Waals surface area contributed by atoms with Crippen molar-refractivity contribution in [1.29, 1.82) is 0 Å². The lowest BCUT2D eigenvalue weighted by atomic mass is 10.1. The molecule has 130 valence electrons. The van der Waals surface area contributed by atoms with Gasteiger partial charge in [0.05, 0.1) is 30.2 Å². The van der Waals surface area contributed by atoms with Crippen molar-refractivity contribution >= 4 is 23.3 Å². The van der Waals surface area contributed by atoms with Gasteiger partial charge >= 0.3 is 5.97 Å². The van der Waals surface area contributed by atoms with Gasteiger partial charge in [-0.25, -0.2) is 4.79 Å². The van der Waals surface area contributed by atoms with Crippen LogP contribution in [0.15, 0.2) is 42.5 Å². The summed E-state index contributed by atoms with van der Waals surface area (Å²) in [5, 5.41) is 12.1. The largest absolute Gasteiger partial charge is 0.478 e. The monoisotopic (exact) mass is 340 g/mol. The van der Waals surface area contributed by atoms with Gasteiger partial charge < -0.3 is 20.1 Å². The molecule has 2 N–H and O–H groups in total. The number of anilines is 2. The second kappa shape index (κ2) is 7.36. The van der Waals surface area contributed by atoms with Gasteiger partial charge in [0.15, 0.2) is 0 Å². The van der Waals surface area contributed by atoms with Crippen molar-refractivity contribution in [3.05, 3.63) is 59.2 Å². The fraction of sp³-hybridized carbons (Fsp3) is 0.263. The minimum atomic E-state index is -1.03. The van der Waals surface area contributed by atoms with Crippen molar-refractivity contribution in [2.45, 2.75) is 6.92 Å². The summed E-state index contributed by atoms with van der Waals surface area (Å²) in [6.07, 6.45) is 0. The summed E-state index contributed by atoms with van der Waals surface area (Å²) in [4.78, 5) is 26.0. The zero-order valence-electron chi connectivity index (χ0n) is 14.0. The highest BCUT2D eigenvalue weighted by atomic mass is 16.5. The molecular formula is C19H20N2O4. The number of hydrogen-bond acceptors (Lipinski definition) is 4. The molecule has 0 spiro atoms. The average molecular weight is 340 g/mol. The number of carboxylic acid groups (broad SMARTS) is 1. The molecule has 0 aliphatic carbocycles. The maximum Gasteiger partial charge on any atom is 0.335 e. The Morgan fingerprint density at radius 2 is 1.84 bits per heavy atom. The molecule has 25 heavy (non-hydrogen) atoms. The SMILES string of the molecule is Cc1ccccc1C(=O)Nc1cc(C(=O)O)ccc1N1CCOCC1. The second-order valence-electron chi connectivity index (χ2n) is 5.91. The summed E-state index contributed by atoms with van der Waals surface area (Å²) in [6.45, 7) is 4.46. The van der Waals surface area contributed by atoms with Crippen LogP contribution in [0.2, 0.25) is 0 Å². The Bertz CT molecular complexity index is 798. The molecule has 6 heteroatoms. The topological polar surface area (TPSA) is 78.9 Å². The Hall–Kier alpha value is -2.86. The molecule has 1 saturated heterocycles. The summed E-state index contributed by atoms with van der Waals surface area (Å²) in [5.74, 6) is -1.28. The standard InChI is InChI=1S/C19H20N2O4/c1-13-4-2-3-5-15(13)18(22)20-16-12-14(19(23)24)6-7-17(16)21-8-10-25-11-9-21/h2-7,12H,8-11H2,1H3,(H,20,22)(H,23,24). The number of hydrogen-bond donors (Lipinski definition) is 2. The molecule has 1 fully saturated rings. The number of ether oxygens (including phenoxy) is 1. The van der Waals surface area contributed by atoms with Crippen LogP contribution in [-0.4, -0.2) is 43.3 Å². The number of aromatic carboxylic acids is 1. The quantitative estimate of drug-likeness (QED) is 0.895. The maximum absolute atomic E-state index is 12.6. The van der Waals surface area contributed by atoms with E-state index in [4.69, 9.17) is 4.74 Å². The fourth-order valence-electron chi connectivity index (χ4n) is 2.87. The average Bonchev–Trinajstić information content (AvgIpc) is 2.62. The second-order valence-corrected chi connectivity index (χ2v) is 5.91. The van der Waals surface area contributed by atoms with E-state index in [0.29, 0.717) is 37.6 Å². The normalized spacial score (nSPS) is 14.2. The van der Waals surface area contributed by atoms with E-state index in [-0.39, 0.29) is 11.5 Å². The van der Waals surface area contributed by atoms with Gasteiger partial charge in [-0.2, -0.15) is 0 Å². The highest BCUT2D eigenvalue weighted by Gasteiger charge is 2.19. The molecule has 0 unspecified atom stereocenters. The minimum Gasteiger partial charge on any atom is -0.478 e. The van der Waals surface area contributed by atoms with Crippen LogP contribution in [0.1, 0.15) is 26.3 Å². The number of benzene rings is 2. The molecule has 1 amide bonds. The number of aryl methyl sites for hydroxylation is 1. The van der Waals surface area contributed by atoms with Crippen molar-refractivity contribution in [2.24, 2.45) is 0 Å². The van der Waals surface area contributed by atoms with Gasteiger partial charge in [0.25, 0.3) is 5.91 Å². The summed E-state index contributed by atoms with van der Waals surface area (Å²) in [5.41, 5.74) is 2.86. The number of amides is 1. The lowest BCUT2D eigenvalue weighted by molar-refractivity contribution is 0.0696. The first-order chi connectivity index (χ1) is 12.1. The maximum atomic E-state index is 12.6. The number of carboxylic acids is 1. The van der Waals surface area contributed by atoms with E-state index in [2.05, 4.69) is 10.2 Å². The Balaban J connectivity index is 1.94. The molecule has 1 heterocycles. The molecule has 2 aromatic rings. The number of nitrogens with one attached hydrogen (secondary N) is 1. The number of rotatable bonds is 4. The number of nitrogens with zero attached hydrogens (tertiary/aromatic N) is 1. The first-order valence-corrected chi connectivity index (χ1v) is 8.13. The van der Waals surface area contributed by atoms with Crippen molar-refractivity contribution in [3.8, 4) is 0 Å². The van der Waals surface area contributed by atoms with Gasteiger partial charge in [-0.05, 0) is 36.8 Å². The van der Waals surface area contributed by atoms with E-state index in [1.807, 2.05) is 19.1 Å². The van der Waals surface area contributed by atoms with Crippen LogP contribution < -0.4 is 10.2 Å². The fourth-order valence-corrected chi connectivity index (χ4v) is 2.87. The number of morpholine rings is 1. The Labute approximate surface area is 146 Å². The van der Waals surface area contributed by atoms with Gasteiger partial charge in [-0.1, -0.05) is 18.2 Å². The van der Waals surface area contributed by atoms with Crippen LogP contribution in [0.4, 0.5) is 11.4 Å². The number of carbonyl (C=O) groups is 2. The van der Waals surface area contributed by atoms with Crippen molar-refractivity contribution in [3.63, 3.8) is 0 Å². The molecule has 3 rings (SSSR count). The lowest BCUT2D eigenvalue weighted by Crippen LogP contribution is -2.36. The predicted octanol–water partition coefficient (Wildman–Crippen LogP) is 2.78. The molecular weight excluding hydrogens is 320 g/mol. The van der Waals surface area contributed by atoms with Crippen LogP contribution in [0.25, 0.3) is 0 Å². The molecule has 0 radical (unpaired) electrons.